The first-order chi connectivity index (χ1) is 13.4. The summed E-state index contributed by atoms with van der Waals surface area (Å²) >= 11 is 11.9. The van der Waals surface area contributed by atoms with Gasteiger partial charge in [0.2, 0.25) is 0 Å². The molecule has 0 radical (unpaired) electrons. The molecule has 0 unspecified atom stereocenters. The van der Waals surface area contributed by atoms with Gasteiger partial charge in [-0.3, -0.25) is 4.98 Å². The summed E-state index contributed by atoms with van der Waals surface area (Å²) < 4.78 is 2.28. The lowest BCUT2D eigenvalue weighted by Gasteiger charge is -2.24. The van der Waals surface area contributed by atoms with Gasteiger partial charge in [0, 0.05) is 35.3 Å². The molecule has 1 fully saturated rings. The van der Waals surface area contributed by atoms with Gasteiger partial charge in [0.1, 0.15) is 0 Å². The molecule has 0 amide bonds. The third-order valence-electron chi connectivity index (χ3n) is 5.54. The summed E-state index contributed by atoms with van der Waals surface area (Å²) in [4.78, 5) is 6.71. The molecule has 3 heterocycles. The third-order valence-corrected chi connectivity index (χ3v) is 6.18. The van der Waals surface area contributed by atoms with Crippen LogP contribution in [0.25, 0.3) is 5.69 Å². The first-order valence-electron chi connectivity index (χ1n) is 9.28. The number of hydrogen-bond acceptors (Lipinski definition) is 2. The van der Waals surface area contributed by atoms with Crippen molar-refractivity contribution in [2.24, 2.45) is 0 Å². The summed E-state index contributed by atoms with van der Waals surface area (Å²) in [6.07, 6.45) is 1.83. The van der Waals surface area contributed by atoms with Gasteiger partial charge >= 0.3 is 0 Å². The van der Waals surface area contributed by atoms with Gasteiger partial charge in [-0.15, -0.1) is 0 Å². The Labute approximate surface area is 176 Å². The SMILES string of the molecule is Cc1ccc(Cl)cc1-n1c(C)cc([C@@H]2[C@@H](c3ccccn3)NC(=S)N2C)c1C. The third kappa shape index (κ3) is 3.09. The smallest absolute Gasteiger partial charge is 0.169 e. The Hall–Kier alpha value is -2.37. The van der Waals surface area contributed by atoms with E-state index in [2.05, 4.69) is 52.7 Å². The minimum atomic E-state index is 0.00751. The molecule has 1 aromatic carbocycles. The van der Waals surface area contributed by atoms with E-state index in [0.717, 1.165) is 21.5 Å². The summed E-state index contributed by atoms with van der Waals surface area (Å²) in [5, 5.41) is 4.93. The molecule has 0 bridgehead atoms. The van der Waals surface area contributed by atoms with Crippen LogP contribution in [-0.2, 0) is 0 Å². The van der Waals surface area contributed by atoms with Gasteiger partial charge in [-0.25, -0.2) is 0 Å². The van der Waals surface area contributed by atoms with Crippen LogP contribution in [0.1, 0.15) is 40.3 Å². The van der Waals surface area contributed by atoms with Crippen LogP contribution < -0.4 is 5.32 Å². The fourth-order valence-electron chi connectivity index (χ4n) is 4.13. The number of thiocarbonyl (C=S) groups is 1. The number of pyridine rings is 1. The molecule has 144 valence electrons. The maximum Gasteiger partial charge on any atom is 0.169 e. The van der Waals surface area contributed by atoms with E-state index in [1.807, 2.05) is 43.6 Å². The van der Waals surface area contributed by atoms with Crippen molar-refractivity contribution in [2.45, 2.75) is 32.9 Å². The summed E-state index contributed by atoms with van der Waals surface area (Å²) in [7, 11) is 2.04. The monoisotopic (exact) mass is 410 g/mol. The highest BCUT2D eigenvalue weighted by Gasteiger charge is 2.39. The van der Waals surface area contributed by atoms with Crippen molar-refractivity contribution in [3.63, 3.8) is 0 Å². The molecule has 1 aliphatic heterocycles. The largest absolute Gasteiger partial charge is 0.352 e. The molecule has 2 aromatic heterocycles. The normalized spacial score (nSPS) is 19.2. The van der Waals surface area contributed by atoms with Gasteiger partial charge in [0.05, 0.1) is 17.8 Å². The van der Waals surface area contributed by atoms with Crippen LogP contribution in [0.4, 0.5) is 0 Å². The molecular weight excluding hydrogens is 388 g/mol. The molecule has 6 heteroatoms. The van der Waals surface area contributed by atoms with Crippen LogP contribution in [0.3, 0.4) is 0 Å². The van der Waals surface area contributed by atoms with Crippen molar-refractivity contribution in [3.8, 4) is 5.69 Å². The van der Waals surface area contributed by atoms with Crippen LogP contribution in [0.5, 0.6) is 0 Å². The molecule has 1 aliphatic rings. The first kappa shape index (κ1) is 19.0. The Morgan fingerprint density at radius 2 is 1.89 bits per heavy atom. The quantitative estimate of drug-likeness (QED) is 0.612. The van der Waals surface area contributed by atoms with E-state index in [1.54, 1.807) is 0 Å². The Morgan fingerprint density at radius 3 is 2.61 bits per heavy atom. The van der Waals surface area contributed by atoms with E-state index in [1.165, 1.54) is 22.5 Å². The Kier molecular flexibility index (Phi) is 4.89. The highest BCUT2D eigenvalue weighted by Crippen LogP contribution is 2.40. The van der Waals surface area contributed by atoms with Crippen molar-refractivity contribution in [1.82, 2.24) is 19.8 Å². The van der Waals surface area contributed by atoms with Gasteiger partial charge < -0.3 is 14.8 Å². The standard InChI is InChI=1S/C22H23ClN4S/c1-13-8-9-16(23)12-19(13)27-14(2)11-17(15(27)3)21-20(25-22(28)26(21)4)18-7-5-6-10-24-18/h5-12,20-21H,1-4H3,(H,25,28)/t20-,21-/m1/s1. The molecule has 0 spiro atoms. The van der Waals surface area contributed by atoms with Crippen molar-refractivity contribution < 1.29 is 0 Å². The van der Waals surface area contributed by atoms with Gasteiger partial charge in [0.25, 0.3) is 0 Å². The molecule has 4 nitrogen and oxygen atoms in total. The predicted molar refractivity (Wildman–Crippen MR) is 118 cm³/mol. The topological polar surface area (TPSA) is 33.1 Å². The Balaban J connectivity index is 1.85. The van der Waals surface area contributed by atoms with Crippen LogP contribution in [-0.4, -0.2) is 26.6 Å². The molecule has 2 atom stereocenters. The first-order valence-corrected chi connectivity index (χ1v) is 10.1. The van der Waals surface area contributed by atoms with Crippen LogP contribution in [0, 0.1) is 20.8 Å². The zero-order chi connectivity index (χ0) is 20.0. The zero-order valence-electron chi connectivity index (χ0n) is 16.4. The fraction of sp³-hybridized carbons (Fsp3) is 0.273. The number of likely N-dealkylation sites (N-methyl/N-ethyl adjacent to an activating group) is 1. The highest BCUT2D eigenvalue weighted by atomic mass is 35.5. The van der Waals surface area contributed by atoms with Crippen molar-refractivity contribution in [3.05, 3.63) is 81.9 Å². The van der Waals surface area contributed by atoms with Crippen molar-refractivity contribution in [2.75, 3.05) is 7.05 Å². The van der Waals surface area contributed by atoms with E-state index < -0.39 is 0 Å². The Morgan fingerprint density at radius 1 is 1.11 bits per heavy atom. The lowest BCUT2D eigenvalue weighted by atomic mass is 9.97. The van der Waals surface area contributed by atoms with Crippen molar-refractivity contribution >= 4 is 28.9 Å². The van der Waals surface area contributed by atoms with Gasteiger partial charge in [-0.05, 0) is 74.4 Å². The van der Waals surface area contributed by atoms with Crippen LogP contribution in [0.2, 0.25) is 5.02 Å². The minimum Gasteiger partial charge on any atom is -0.352 e. The number of aryl methyl sites for hydroxylation is 2. The summed E-state index contributed by atoms with van der Waals surface area (Å²) in [6, 6.07) is 14.3. The van der Waals surface area contributed by atoms with E-state index >= 15 is 0 Å². The van der Waals surface area contributed by atoms with Gasteiger partial charge in [-0.1, -0.05) is 23.7 Å². The average Bonchev–Trinajstić information content (AvgIpc) is 3.13. The molecule has 28 heavy (non-hydrogen) atoms. The highest BCUT2D eigenvalue weighted by molar-refractivity contribution is 7.80. The maximum atomic E-state index is 6.29. The lowest BCUT2D eigenvalue weighted by molar-refractivity contribution is 0.367. The molecule has 1 N–H and O–H groups in total. The fourth-order valence-corrected chi connectivity index (χ4v) is 4.54. The lowest BCUT2D eigenvalue weighted by Crippen LogP contribution is -2.25. The summed E-state index contributed by atoms with van der Waals surface area (Å²) in [6.45, 7) is 6.40. The van der Waals surface area contributed by atoms with Gasteiger partial charge in [0.15, 0.2) is 5.11 Å². The van der Waals surface area contributed by atoms with E-state index in [0.29, 0.717) is 0 Å². The molecule has 3 aromatic rings. The molecule has 4 rings (SSSR count). The molecular formula is C22H23ClN4S. The minimum absolute atomic E-state index is 0.00751. The molecule has 0 aliphatic carbocycles. The number of halogens is 1. The predicted octanol–water partition coefficient (Wildman–Crippen LogP) is 5.05. The van der Waals surface area contributed by atoms with Gasteiger partial charge in [-0.2, -0.15) is 0 Å². The Bertz CT molecular complexity index is 1040. The second-order valence-corrected chi connectivity index (χ2v) is 8.15. The summed E-state index contributed by atoms with van der Waals surface area (Å²) in [5.41, 5.74) is 6.88. The van der Waals surface area contributed by atoms with E-state index in [9.17, 15) is 0 Å². The molecule has 1 saturated heterocycles. The average molecular weight is 411 g/mol. The number of nitrogens with one attached hydrogen (secondary N) is 1. The van der Waals surface area contributed by atoms with Crippen LogP contribution >= 0.6 is 23.8 Å². The van der Waals surface area contributed by atoms with E-state index in [-0.39, 0.29) is 12.1 Å². The van der Waals surface area contributed by atoms with Crippen LogP contribution in [0.15, 0.2) is 48.7 Å². The number of rotatable bonds is 3. The molecule has 0 saturated carbocycles. The van der Waals surface area contributed by atoms with Crippen molar-refractivity contribution in [1.29, 1.82) is 0 Å². The number of aromatic nitrogens is 2. The zero-order valence-corrected chi connectivity index (χ0v) is 18.0. The second kappa shape index (κ2) is 7.22. The maximum absolute atomic E-state index is 6.29. The second-order valence-electron chi connectivity index (χ2n) is 7.33. The number of hydrogen-bond donors (Lipinski definition) is 1. The number of nitrogens with zero attached hydrogens (tertiary/aromatic N) is 3. The van der Waals surface area contributed by atoms with E-state index in [4.69, 9.17) is 23.8 Å². The number of benzene rings is 1. The summed E-state index contributed by atoms with van der Waals surface area (Å²) in [5.74, 6) is 0.